The third kappa shape index (κ3) is 3.80. The van der Waals surface area contributed by atoms with Gasteiger partial charge in [0.15, 0.2) is 0 Å². The molecule has 0 unspecified atom stereocenters. The number of hydrogen-bond donors (Lipinski definition) is 0. The highest BCUT2D eigenvalue weighted by Gasteiger charge is 2.21. The van der Waals surface area contributed by atoms with Gasteiger partial charge < -0.3 is 8.83 Å². The van der Waals surface area contributed by atoms with Crippen LogP contribution in [0.15, 0.2) is 88.1 Å². The van der Waals surface area contributed by atoms with Gasteiger partial charge in [-0.15, -0.1) is 0 Å². The lowest BCUT2D eigenvalue weighted by molar-refractivity contribution is 0.596. The van der Waals surface area contributed by atoms with Crippen molar-refractivity contribution in [1.82, 2.24) is 4.98 Å². The fourth-order valence-electron chi connectivity index (χ4n) is 5.35. The molecule has 0 bridgehead atoms. The summed E-state index contributed by atoms with van der Waals surface area (Å²) in [6, 6.07) is 23.8. The minimum atomic E-state index is -0.000194. The van der Waals surface area contributed by atoms with Crippen LogP contribution in [0.3, 0.4) is 0 Å². The van der Waals surface area contributed by atoms with E-state index in [2.05, 4.69) is 95.3 Å². The van der Waals surface area contributed by atoms with E-state index < -0.39 is 0 Å². The summed E-state index contributed by atoms with van der Waals surface area (Å²) in [6.07, 6.45) is 4.54. The summed E-state index contributed by atoms with van der Waals surface area (Å²) < 4.78 is 11.9. The lowest BCUT2D eigenvalue weighted by Crippen LogP contribution is -2.12. The normalized spacial score (nSPS) is 12.4. The second kappa shape index (κ2) is 8.37. The van der Waals surface area contributed by atoms with Crippen LogP contribution in [-0.4, -0.2) is 4.98 Å². The molecule has 0 radical (unpaired) electrons. The fraction of sp³-hybridized carbons (Fsp3) is 0.242. The van der Waals surface area contributed by atoms with Crippen molar-refractivity contribution in [2.24, 2.45) is 5.92 Å². The molecule has 3 heterocycles. The van der Waals surface area contributed by atoms with Crippen LogP contribution in [0.25, 0.3) is 55.2 Å². The molecule has 6 rings (SSSR count). The van der Waals surface area contributed by atoms with E-state index in [1.807, 2.05) is 6.07 Å². The summed E-state index contributed by atoms with van der Waals surface area (Å²) in [6.45, 7) is 11.3. The fourth-order valence-corrected chi connectivity index (χ4v) is 5.35. The van der Waals surface area contributed by atoms with E-state index in [1.54, 1.807) is 12.5 Å². The van der Waals surface area contributed by atoms with E-state index in [0.29, 0.717) is 11.6 Å². The van der Waals surface area contributed by atoms with Gasteiger partial charge in [-0.25, -0.2) is 4.98 Å². The third-order valence-corrected chi connectivity index (χ3v) is 7.03. The van der Waals surface area contributed by atoms with Crippen molar-refractivity contribution in [3.05, 3.63) is 90.4 Å². The smallest absolute Gasteiger partial charge is 0.227 e. The van der Waals surface area contributed by atoms with Gasteiger partial charge in [-0.1, -0.05) is 71.0 Å². The molecule has 0 spiro atoms. The van der Waals surface area contributed by atoms with Crippen LogP contribution in [0.1, 0.15) is 45.7 Å². The lowest BCUT2D eigenvalue weighted by Gasteiger charge is -2.23. The summed E-state index contributed by atoms with van der Waals surface area (Å²) in [5, 5.41) is 4.67. The largest absolute Gasteiger partial charge is 0.464 e. The van der Waals surface area contributed by atoms with Gasteiger partial charge >= 0.3 is 0 Å². The van der Waals surface area contributed by atoms with Gasteiger partial charge in [0, 0.05) is 27.5 Å². The first kappa shape index (κ1) is 22.6. The molecule has 3 nitrogen and oxygen atoms in total. The van der Waals surface area contributed by atoms with Crippen molar-refractivity contribution >= 4 is 32.8 Å². The van der Waals surface area contributed by atoms with Crippen molar-refractivity contribution in [3.8, 4) is 22.4 Å². The maximum absolute atomic E-state index is 6.07. The number of nitrogens with zero attached hydrogens (tertiary/aromatic N) is 1. The molecular weight excluding hydrogens is 442 g/mol. The summed E-state index contributed by atoms with van der Waals surface area (Å²) in [7, 11) is 0. The SMILES string of the molecule is CC(C)Cc1ccc(-c2cc(-c3cc(C(C)(C)C)c4ccccc4c3)nc3occc23)c2occc12. The highest BCUT2D eigenvalue weighted by Crippen LogP contribution is 2.40. The van der Waals surface area contributed by atoms with E-state index in [9.17, 15) is 0 Å². The Balaban J connectivity index is 1.60. The van der Waals surface area contributed by atoms with Crippen LogP contribution < -0.4 is 0 Å². The van der Waals surface area contributed by atoms with Crippen LogP contribution in [0, 0.1) is 5.92 Å². The molecule has 3 heteroatoms. The molecule has 0 fully saturated rings. The Labute approximate surface area is 211 Å². The topological polar surface area (TPSA) is 39.2 Å². The van der Waals surface area contributed by atoms with E-state index in [-0.39, 0.29) is 5.41 Å². The number of rotatable bonds is 4. The molecule has 0 atom stereocenters. The van der Waals surface area contributed by atoms with Crippen LogP contribution in [-0.2, 0) is 11.8 Å². The van der Waals surface area contributed by atoms with E-state index in [1.165, 1.54) is 27.3 Å². The van der Waals surface area contributed by atoms with Crippen molar-refractivity contribution in [2.45, 2.75) is 46.5 Å². The van der Waals surface area contributed by atoms with Crippen molar-refractivity contribution < 1.29 is 8.83 Å². The maximum atomic E-state index is 6.07. The van der Waals surface area contributed by atoms with E-state index >= 15 is 0 Å². The average molecular weight is 474 g/mol. The highest BCUT2D eigenvalue weighted by atomic mass is 16.3. The highest BCUT2D eigenvalue weighted by molar-refractivity contribution is 6.03. The zero-order valence-corrected chi connectivity index (χ0v) is 21.6. The Morgan fingerprint density at radius 2 is 1.56 bits per heavy atom. The Bertz CT molecular complexity index is 1730. The van der Waals surface area contributed by atoms with E-state index in [0.717, 1.165) is 39.8 Å². The minimum Gasteiger partial charge on any atom is -0.464 e. The van der Waals surface area contributed by atoms with Crippen LogP contribution in [0.2, 0.25) is 0 Å². The molecule has 180 valence electrons. The predicted molar refractivity (Wildman–Crippen MR) is 149 cm³/mol. The summed E-state index contributed by atoms with van der Waals surface area (Å²) >= 11 is 0. The first-order valence-electron chi connectivity index (χ1n) is 12.7. The Kier molecular flexibility index (Phi) is 5.26. The molecule has 0 aliphatic heterocycles. The Morgan fingerprint density at radius 3 is 2.36 bits per heavy atom. The molecule has 0 amide bonds. The van der Waals surface area contributed by atoms with Gasteiger partial charge in [0.25, 0.3) is 0 Å². The molecular formula is C33H31NO2. The van der Waals surface area contributed by atoms with Crippen LogP contribution in [0.5, 0.6) is 0 Å². The molecule has 36 heavy (non-hydrogen) atoms. The van der Waals surface area contributed by atoms with Crippen molar-refractivity contribution in [3.63, 3.8) is 0 Å². The second-order valence-electron chi connectivity index (χ2n) is 11.2. The maximum Gasteiger partial charge on any atom is 0.227 e. The van der Waals surface area contributed by atoms with Gasteiger partial charge in [-0.2, -0.15) is 0 Å². The predicted octanol–water partition coefficient (Wildman–Crippen LogP) is 9.56. The number of furan rings is 2. The third-order valence-electron chi connectivity index (χ3n) is 7.03. The molecule has 0 aliphatic carbocycles. The lowest BCUT2D eigenvalue weighted by atomic mass is 9.82. The number of pyridine rings is 1. The second-order valence-corrected chi connectivity index (χ2v) is 11.2. The molecule has 0 saturated heterocycles. The number of fused-ring (bicyclic) bond motifs is 3. The van der Waals surface area contributed by atoms with Gasteiger partial charge in [-0.3, -0.25) is 0 Å². The number of hydrogen-bond acceptors (Lipinski definition) is 3. The summed E-state index contributed by atoms with van der Waals surface area (Å²) in [5.74, 6) is 0.576. The van der Waals surface area contributed by atoms with Gasteiger partial charge in [0.2, 0.25) is 5.71 Å². The summed E-state index contributed by atoms with van der Waals surface area (Å²) in [4.78, 5) is 4.95. The first-order chi connectivity index (χ1) is 17.3. The van der Waals surface area contributed by atoms with Gasteiger partial charge in [-0.05, 0) is 70.0 Å². The number of benzene rings is 3. The van der Waals surface area contributed by atoms with Crippen molar-refractivity contribution in [2.75, 3.05) is 0 Å². The van der Waals surface area contributed by atoms with Gasteiger partial charge in [0.1, 0.15) is 5.58 Å². The quantitative estimate of drug-likeness (QED) is 0.256. The molecule has 0 aliphatic rings. The number of aromatic nitrogens is 1. The van der Waals surface area contributed by atoms with Crippen LogP contribution in [0.4, 0.5) is 0 Å². The summed E-state index contributed by atoms with van der Waals surface area (Å²) in [5.41, 5.74) is 8.31. The monoisotopic (exact) mass is 473 g/mol. The van der Waals surface area contributed by atoms with Crippen LogP contribution >= 0.6 is 0 Å². The zero-order valence-electron chi connectivity index (χ0n) is 21.6. The van der Waals surface area contributed by atoms with Crippen molar-refractivity contribution in [1.29, 1.82) is 0 Å². The molecule has 6 aromatic rings. The first-order valence-corrected chi connectivity index (χ1v) is 12.7. The molecule has 0 saturated carbocycles. The zero-order chi connectivity index (χ0) is 25.0. The van der Waals surface area contributed by atoms with Gasteiger partial charge in [0.05, 0.1) is 18.2 Å². The molecule has 0 N–H and O–H groups in total. The Morgan fingerprint density at radius 1 is 0.778 bits per heavy atom. The minimum absolute atomic E-state index is 0.000194. The standard InChI is InChI=1S/C33H31NO2/c1-20(2)16-22-10-11-26(31-25(22)12-14-35-31)28-19-30(34-32-27(28)13-15-36-32)23-17-21-8-6-7-9-24(21)29(18-23)33(3,4)5/h6-15,17-20H,16H2,1-5H3. The molecule has 3 aromatic heterocycles. The Hall–Kier alpha value is -3.85. The van der Waals surface area contributed by atoms with E-state index in [4.69, 9.17) is 13.8 Å². The molecule has 3 aromatic carbocycles. The average Bonchev–Trinajstić information content (AvgIpc) is 3.52.